The molecule has 6 heteroatoms. The van der Waals surface area contributed by atoms with Crippen LogP contribution in [0.1, 0.15) is 59.8 Å². The minimum atomic E-state index is -0.116. The van der Waals surface area contributed by atoms with Crippen LogP contribution in [0.4, 0.5) is 0 Å². The Morgan fingerprint density at radius 1 is 0.417 bits per heavy atom. The van der Waals surface area contributed by atoms with Crippen molar-refractivity contribution >= 4 is 0 Å². The highest BCUT2D eigenvalue weighted by atomic mass is 16.5. The molecule has 0 amide bonds. The van der Waals surface area contributed by atoms with E-state index in [4.69, 9.17) is 28.4 Å². The first-order chi connectivity index (χ1) is 23.6. The molecule has 0 saturated heterocycles. The van der Waals surface area contributed by atoms with Gasteiger partial charge in [-0.25, -0.2) is 0 Å². The summed E-state index contributed by atoms with van der Waals surface area (Å²) in [7, 11) is 0. The van der Waals surface area contributed by atoms with Crippen molar-refractivity contribution in [3.05, 3.63) is 146 Å². The van der Waals surface area contributed by atoms with Crippen molar-refractivity contribution in [2.45, 2.75) is 37.5 Å². The average Bonchev–Trinajstić information content (AvgIpc) is 3.10. The van der Waals surface area contributed by atoms with Crippen molar-refractivity contribution < 1.29 is 28.4 Å². The van der Waals surface area contributed by atoms with Gasteiger partial charge in [0.1, 0.15) is 46.0 Å². The van der Waals surface area contributed by atoms with Gasteiger partial charge in [-0.05, 0) is 49.9 Å². The summed E-state index contributed by atoms with van der Waals surface area (Å²) in [6, 6.07) is 24.5. The standard InChI is InChI=1S/C42H42O6/c1-5-9-21-43-29-13-17-33-37(25-29)47-38-26-30(44-22-10-6-2)14-18-34(38)41(33)42-35-19-15-31(45-23-11-7-3)27-39(35)48-40-28-32(16-20-36(40)42)46-24-12-8-4/h5-8,13-20,25-28,41-42H,1-4,9-12,21-24H2. The topological polar surface area (TPSA) is 55.4 Å². The highest BCUT2D eigenvalue weighted by Gasteiger charge is 2.40. The zero-order chi connectivity index (χ0) is 33.3. The number of ether oxygens (including phenoxy) is 6. The van der Waals surface area contributed by atoms with E-state index in [0.29, 0.717) is 26.4 Å². The number of hydrogen-bond donors (Lipinski definition) is 0. The first-order valence-electron chi connectivity index (χ1n) is 16.5. The lowest BCUT2D eigenvalue weighted by atomic mass is 9.71. The second-order valence-electron chi connectivity index (χ2n) is 11.7. The lowest BCUT2D eigenvalue weighted by Crippen LogP contribution is -2.22. The summed E-state index contributed by atoms with van der Waals surface area (Å²) in [4.78, 5) is 0. The Bertz CT molecular complexity index is 1530. The van der Waals surface area contributed by atoms with Gasteiger partial charge in [0.25, 0.3) is 0 Å². The van der Waals surface area contributed by atoms with E-state index < -0.39 is 0 Å². The second kappa shape index (κ2) is 15.5. The summed E-state index contributed by atoms with van der Waals surface area (Å²) in [5, 5.41) is 0. The molecule has 4 aromatic rings. The van der Waals surface area contributed by atoms with Gasteiger partial charge in [-0.1, -0.05) is 48.6 Å². The van der Waals surface area contributed by atoms with Crippen molar-refractivity contribution in [3.8, 4) is 46.0 Å². The summed E-state index contributed by atoms with van der Waals surface area (Å²) in [6.07, 6.45) is 10.4. The van der Waals surface area contributed by atoms with Crippen LogP contribution < -0.4 is 28.4 Å². The van der Waals surface area contributed by atoms with Crippen LogP contribution in [-0.2, 0) is 0 Å². The van der Waals surface area contributed by atoms with Crippen molar-refractivity contribution in [1.29, 1.82) is 0 Å². The Morgan fingerprint density at radius 3 is 0.896 bits per heavy atom. The Hall–Kier alpha value is -5.36. The average molecular weight is 643 g/mol. The molecule has 0 aromatic heterocycles. The Labute approximate surface area is 283 Å². The van der Waals surface area contributed by atoms with Crippen molar-refractivity contribution in [2.24, 2.45) is 0 Å². The van der Waals surface area contributed by atoms with Crippen molar-refractivity contribution in [3.63, 3.8) is 0 Å². The van der Waals surface area contributed by atoms with Crippen LogP contribution in [0, 0.1) is 0 Å². The first-order valence-corrected chi connectivity index (χ1v) is 16.5. The van der Waals surface area contributed by atoms with Crippen LogP contribution >= 0.6 is 0 Å². The van der Waals surface area contributed by atoms with Crippen LogP contribution in [-0.4, -0.2) is 26.4 Å². The molecule has 0 saturated carbocycles. The molecule has 0 N–H and O–H groups in total. The van der Waals surface area contributed by atoms with Crippen molar-refractivity contribution in [1.82, 2.24) is 0 Å². The van der Waals surface area contributed by atoms with Gasteiger partial charge in [-0.2, -0.15) is 0 Å². The number of benzene rings is 4. The van der Waals surface area contributed by atoms with Crippen LogP contribution in [0.3, 0.4) is 0 Å². The summed E-state index contributed by atoms with van der Waals surface area (Å²) in [5.74, 6) is 5.72. The normalized spacial score (nSPS) is 12.9. The molecule has 0 spiro atoms. The van der Waals surface area contributed by atoms with E-state index in [1.54, 1.807) is 0 Å². The number of hydrogen-bond acceptors (Lipinski definition) is 6. The van der Waals surface area contributed by atoms with Gasteiger partial charge in [0.15, 0.2) is 0 Å². The monoisotopic (exact) mass is 642 g/mol. The van der Waals surface area contributed by atoms with Crippen molar-refractivity contribution in [2.75, 3.05) is 26.4 Å². The zero-order valence-corrected chi connectivity index (χ0v) is 27.3. The van der Waals surface area contributed by atoms with Gasteiger partial charge in [0, 0.05) is 58.4 Å². The van der Waals surface area contributed by atoms with Gasteiger partial charge in [0.2, 0.25) is 0 Å². The fourth-order valence-electron chi connectivity index (χ4n) is 6.13. The predicted octanol–water partition coefficient (Wildman–Crippen LogP) is 10.7. The van der Waals surface area contributed by atoms with E-state index in [0.717, 1.165) is 93.9 Å². The van der Waals surface area contributed by atoms with Crippen LogP contribution in [0.2, 0.25) is 0 Å². The molecule has 48 heavy (non-hydrogen) atoms. The Morgan fingerprint density at radius 2 is 0.667 bits per heavy atom. The maximum Gasteiger partial charge on any atom is 0.134 e. The molecule has 2 aliphatic heterocycles. The Kier molecular flexibility index (Phi) is 10.5. The van der Waals surface area contributed by atoms with Gasteiger partial charge in [0.05, 0.1) is 26.4 Å². The molecule has 2 aliphatic rings. The number of fused-ring (bicyclic) bond motifs is 4. The summed E-state index contributed by atoms with van der Waals surface area (Å²) in [5.41, 5.74) is 4.22. The third kappa shape index (κ3) is 7.13. The largest absolute Gasteiger partial charge is 0.493 e. The lowest BCUT2D eigenvalue weighted by Gasteiger charge is -2.38. The first kappa shape index (κ1) is 32.6. The highest BCUT2D eigenvalue weighted by Crippen LogP contribution is 2.58. The van der Waals surface area contributed by atoms with Gasteiger partial charge in [-0.3, -0.25) is 0 Å². The molecule has 4 aromatic carbocycles. The maximum atomic E-state index is 6.63. The molecule has 0 bridgehead atoms. The molecule has 0 atom stereocenters. The molecular weight excluding hydrogens is 600 g/mol. The van der Waals surface area contributed by atoms with Gasteiger partial charge >= 0.3 is 0 Å². The Balaban J connectivity index is 1.48. The smallest absolute Gasteiger partial charge is 0.134 e. The minimum Gasteiger partial charge on any atom is -0.493 e. The van der Waals surface area contributed by atoms with E-state index in [1.165, 1.54) is 0 Å². The molecule has 2 heterocycles. The quantitative estimate of drug-likeness (QED) is 0.0844. The molecule has 0 fully saturated rings. The summed E-state index contributed by atoms with van der Waals surface area (Å²) < 4.78 is 37.4. The highest BCUT2D eigenvalue weighted by molar-refractivity contribution is 5.65. The second-order valence-corrected chi connectivity index (χ2v) is 11.7. The summed E-state index contributed by atoms with van der Waals surface area (Å²) in [6.45, 7) is 17.4. The lowest BCUT2D eigenvalue weighted by molar-refractivity contribution is 0.317. The molecule has 0 radical (unpaired) electrons. The fourth-order valence-corrected chi connectivity index (χ4v) is 6.13. The predicted molar refractivity (Wildman–Crippen MR) is 191 cm³/mol. The molecule has 0 aliphatic carbocycles. The third-order valence-corrected chi connectivity index (χ3v) is 8.42. The fraction of sp³-hybridized carbons (Fsp3) is 0.238. The molecule has 6 nitrogen and oxygen atoms in total. The maximum absolute atomic E-state index is 6.63. The van der Waals surface area contributed by atoms with E-state index in [-0.39, 0.29) is 11.8 Å². The van der Waals surface area contributed by atoms with E-state index >= 15 is 0 Å². The molecular formula is C42H42O6. The zero-order valence-electron chi connectivity index (χ0n) is 27.3. The van der Waals surface area contributed by atoms with Crippen LogP contribution in [0.15, 0.2) is 123 Å². The molecule has 246 valence electrons. The van der Waals surface area contributed by atoms with Crippen LogP contribution in [0.25, 0.3) is 0 Å². The SMILES string of the molecule is C=CCCOc1ccc2c(c1)Oc1cc(OCCC=C)ccc1C2C1c2ccc(OCCC=C)cc2Oc2cc(OCCC=C)ccc21. The number of rotatable bonds is 17. The van der Waals surface area contributed by atoms with E-state index in [9.17, 15) is 0 Å². The molecule has 6 rings (SSSR count). The van der Waals surface area contributed by atoms with Crippen LogP contribution in [0.5, 0.6) is 46.0 Å². The minimum absolute atomic E-state index is 0.116. The van der Waals surface area contributed by atoms with Gasteiger partial charge < -0.3 is 28.4 Å². The summed E-state index contributed by atoms with van der Waals surface area (Å²) >= 11 is 0. The third-order valence-electron chi connectivity index (χ3n) is 8.42. The van der Waals surface area contributed by atoms with E-state index in [2.05, 4.69) is 50.6 Å². The molecule has 0 unspecified atom stereocenters. The van der Waals surface area contributed by atoms with E-state index in [1.807, 2.05) is 72.8 Å². The van der Waals surface area contributed by atoms with Gasteiger partial charge in [-0.15, -0.1) is 26.3 Å².